The summed E-state index contributed by atoms with van der Waals surface area (Å²) in [6, 6.07) is 20.4. The molecule has 0 aliphatic carbocycles. The molecule has 1 N–H and O–H groups in total. The molecule has 0 amide bonds. The van der Waals surface area contributed by atoms with Gasteiger partial charge in [-0.25, -0.2) is 13.2 Å². The second-order valence-corrected chi connectivity index (χ2v) is 8.28. The van der Waals surface area contributed by atoms with Crippen molar-refractivity contribution >= 4 is 26.7 Å². The second kappa shape index (κ2) is 7.14. The van der Waals surface area contributed by atoms with E-state index in [1.165, 1.54) is 21.3 Å². The van der Waals surface area contributed by atoms with E-state index in [-0.39, 0.29) is 10.6 Å². The molecule has 0 radical (unpaired) electrons. The van der Waals surface area contributed by atoms with Gasteiger partial charge in [0.25, 0.3) is 10.0 Å². The second-order valence-electron chi connectivity index (χ2n) is 6.60. The van der Waals surface area contributed by atoms with Crippen molar-refractivity contribution in [2.45, 2.75) is 4.90 Å². The summed E-state index contributed by atoms with van der Waals surface area (Å²) in [4.78, 5) is 12.2. The summed E-state index contributed by atoms with van der Waals surface area (Å²) in [5, 5.41) is 0. The van der Waals surface area contributed by atoms with Gasteiger partial charge in [0.1, 0.15) is 11.5 Å². The maximum absolute atomic E-state index is 12.7. The van der Waals surface area contributed by atoms with Crippen LogP contribution in [0, 0.1) is 0 Å². The van der Waals surface area contributed by atoms with Crippen LogP contribution in [0.4, 0.5) is 5.69 Å². The van der Waals surface area contributed by atoms with Gasteiger partial charge in [-0.1, -0.05) is 18.2 Å². The number of ether oxygens (including phenoxy) is 1. The lowest BCUT2D eigenvalue weighted by Crippen LogP contribution is -2.19. The van der Waals surface area contributed by atoms with Gasteiger partial charge in [0.2, 0.25) is 0 Å². The fourth-order valence-electron chi connectivity index (χ4n) is 3.10. The van der Waals surface area contributed by atoms with Crippen LogP contribution in [-0.4, -0.2) is 17.6 Å². The monoisotopic (exact) mass is 409 g/mol. The molecular formula is C21H19N3O4S. The van der Waals surface area contributed by atoms with Crippen molar-refractivity contribution in [3.05, 3.63) is 83.3 Å². The van der Waals surface area contributed by atoms with Crippen molar-refractivity contribution in [2.24, 2.45) is 14.1 Å². The van der Waals surface area contributed by atoms with Gasteiger partial charge in [0, 0.05) is 14.1 Å². The van der Waals surface area contributed by atoms with Gasteiger partial charge in [-0.15, -0.1) is 0 Å². The highest BCUT2D eigenvalue weighted by molar-refractivity contribution is 7.92. The number of aromatic nitrogens is 2. The van der Waals surface area contributed by atoms with Gasteiger partial charge in [-0.3, -0.25) is 13.9 Å². The highest BCUT2D eigenvalue weighted by Crippen LogP contribution is 2.24. The molecule has 0 saturated heterocycles. The largest absolute Gasteiger partial charge is 0.457 e. The number of imidazole rings is 1. The smallest absolute Gasteiger partial charge is 0.328 e. The molecule has 7 nitrogen and oxygen atoms in total. The zero-order valence-corrected chi connectivity index (χ0v) is 16.7. The maximum Gasteiger partial charge on any atom is 0.328 e. The zero-order chi connectivity index (χ0) is 20.6. The Morgan fingerprint density at radius 1 is 0.793 bits per heavy atom. The summed E-state index contributed by atoms with van der Waals surface area (Å²) in [6.07, 6.45) is 0. The predicted molar refractivity (Wildman–Crippen MR) is 112 cm³/mol. The molecule has 1 heterocycles. The fraction of sp³-hybridized carbons (Fsp3) is 0.0952. The number of hydrogen-bond donors (Lipinski definition) is 1. The van der Waals surface area contributed by atoms with Crippen molar-refractivity contribution in [3.63, 3.8) is 0 Å². The molecule has 1 aromatic heterocycles. The Labute approximate surface area is 167 Å². The molecule has 0 fully saturated rings. The quantitative estimate of drug-likeness (QED) is 0.547. The third-order valence-corrected chi connectivity index (χ3v) is 6.03. The minimum Gasteiger partial charge on any atom is -0.457 e. The lowest BCUT2D eigenvalue weighted by Gasteiger charge is -2.10. The van der Waals surface area contributed by atoms with Crippen LogP contribution in [-0.2, 0) is 24.1 Å². The van der Waals surface area contributed by atoms with Gasteiger partial charge in [-0.2, -0.15) is 0 Å². The van der Waals surface area contributed by atoms with Gasteiger partial charge >= 0.3 is 5.69 Å². The van der Waals surface area contributed by atoms with Crippen LogP contribution in [0.15, 0.2) is 82.5 Å². The molecule has 4 rings (SSSR count). The lowest BCUT2D eigenvalue weighted by atomic mass is 10.3. The zero-order valence-electron chi connectivity index (χ0n) is 15.9. The van der Waals surface area contributed by atoms with Crippen LogP contribution in [0.1, 0.15) is 0 Å². The van der Waals surface area contributed by atoms with Crippen LogP contribution in [0.2, 0.25) is 0 Å². The fourth-order valence-corrected chi connectivity index (χ4v) is 4.15. The molecule has 148 valence electrons. The Morgan fingerprint density at radius 2 is 1.41 bits per heavy atom. The molecule has 3 aromatic carbocycles. The normalized spacial score (nSPS) is 11.5. The van der Waals surface area contributed by atoms with Gasteiger partial charge < -0.3 is 4.74 Å². The highest BCUT2D eigenvalue weighted by Gasteiger charge is 2.16. The van der Waals surface area contributed by atoms with Crippen molar-refractivity contribution in [3.8, 4) is 11.5 Å². The van der Waals surface area contributed by atoms with Crippen molar-refractivity contribution in [1.29, 1.82) is 0 Å². The SMILES string of the molecule is Cn1c(=O)n(C)c2cc(NS(=O)(=O)c3ccc(Oc4ccccc4)cc3)ccc21. The molecule has 0 aliphatic heterocycles. The summed E-state index contributed by atoms with van der Waals surface area (Å²) >= 11 is 0. The standard InChI is InChI=1S/C21H19N3O4S/c1-23-19-13-8-15(14-20(19)24(2)21(23)25)22-29(26,27)18-11-9-17(10-12-18)28-16-6-4-3-5-7-16/h3-14,22H,1-2H3. The molecule has 0 spiro atoms. The van der Waals surface area contributed by atoms with Gasteiger partial charge in [-0.05, 0) is 54.6 Å². The first-order valence-corrected chi connectivity index (χ1v) is 10.3. The summed E-state index contributed by atoms with van der Waals surface area (Å²) in [5.41, 5.74) is 1.57. The van der Waals surface area contributed by atoms with E-state index in [0.717, 1.165) is 5.52 Å². The van der Waals surface area contributed by atoms with E-state index in [1.54, 1.807) is 44.4 Å². The highest BCUT2D eigenvalue weighted by atomic mass is 32.2. The molecule has 0 aliphatic rings. The number of anilines is 1. The molecule has 0 saturated carbocycles. The number of para-hydroxylation sites is 1. The van der Waals surface area contributed by atoms with E-state index in [1.807, 2.05) is 30.3 Å². The lowest BCUT2D eigenvalue weighted by molar-refractivity contribution is 0.482. The van der Waals surface area contributed by atoms with E-state index >= 15 is 0 Å². The molecule has 29 heavy (non-hydrogen) atoms. The van der Waals surface area contributed by atoms with Crippen LogP contribution >= 0.6 is 0 Å². The van der Waals surface area contributed by atoms with E-state index in [2.05, 4.69) is 4.72 Å². The number of nitrogens with zero attached hydrogens (tertiary/aromatic N) is 2. The van der Waals surface area contributed by atoms with Crippen LogP contribution < -0.4 is 15.1 Å². The summed E-state index contributed by atoms with van der Waals surface area (Å²) in [7, 11) is -0.466. The van der Waals surface area contributed by atoms with E-state index in [0.29, 0.717) is 22.7 Å². The van der Waals surface area contributed by atoms with Gasteiger partial charge in [0.05, 0.1) is 21.6 Å². The van der Waals surface area contributed by atoms with E-state index < -0.39 is 10.0 Å². The number of sulfonamides is 1. The van der Waals surface area contributed by atoms with Gasteiger partial charge in [0.15, 0.2) is 0 Å². The van der Waals surface area contributed by atoms with Crippen LogP contribution in [0.25, 0.3) is 11.0 Å². The number of rotatable bonds is 5. The molecule has 4 aromatic rings. The topological polar surface area (TPSA) is 82.3 Å². The van der Waals surface area contributed by atoms with Crippen molar-refractivity contribution < 1.29 is 13.2 Å². The first kappa shape index (κ1) is 18.8. The Hall–Kier alpha value is -3.52. The Morgan fingerprint density at radius 3 is 2.10 bits per heavy atom. The Kier molecular flexibility index (Phi) is 4.63. The number of nitrogens with one attached hydrogen (secondary N) is 1. The molecule has 0 bridgehead atoms. The molecule has 0 atom stereocenters. The summed E-state index contributed by atoms with van der Waals surface area (Å²) in [5.74, 6) is 1.21. The Bertz CT molecular complexity index is 1340. The summed E-state index contributed by atoms with van der Waals surface area (Å²) in [6.45, 7) is 0. The van der Waals surface area contributed by atoms with Crippen molar-refractivity contribution in [1.82, 2.24) is 9.13 Å². The number of hydrogen-bond acceptors (Lipinski definition) is 4. The van der Waals surface area contributed by atoms with Crippen LogP contribution in [0.5, 0.6) is 11.5 Å². The van der Waals surface area contributed by atoms with Crippen LogP contribution in [0.3, 0.4) is 0 Å². The first-order valence-electron chi connectivity index (χ1n) is 8.86. The Balaban J connectivity index is 1.58. The number of benzene rings is 3. The third kappa shape index (κ3) is 3.62. The molecular weight excluding hydrogens is 390 g/mol. The molecule has 8 heteroatoms. The molecule has 0 unspecified atom stereocenters. The van der Waals surface area contributed by atoms with Crippen molar-refractivity contribution in [2.75, 3.05) is 4.72 Å². The average molecular weight is 409 g/mol. The maximum atomic E-state index is 12.7. The number of fused-ring (bicyclic) bond motifs is 1. The minimum absolute atomic E-state index is 0.111. The first-order chi connectivity index (χ1) is 13.8. The van der Waals surface area contributed by atoms with E-state index in [9.17, 15) is 13.2 Å². The minimum atomic E-state index is -3.79. The van der Waals surface area contributed by atoms with E-state index in [4.69, 9.17) is 4.74 Å². The average Bonchev–Trinajstić information content (AvgIpc) is 2.93. The third-order valence-electron chi connectivity index (χ3n) is 4.64. The predicted octanol–water partition coefficient (Wildman–Crippen LogP) is 3.47. The summed E-state index contributed by atoms with van der Waals surface area (Å²) < 4.78 is 36.7. The number of aryl methyl sites for hydroxylation is 2.